The smallest absolute Gasteiger partial charge is 0.241 e. The zero-order chi connectivity index (χ0) is 12.8. The van der Waals surface area contributed by atoms with E-state index in [1.54, 1.807) is 11.1 Å². The summed E-state index contributed by atoms with van der Waals surface area (Å²) in [7, 11) is 0. The molecular weight excluding hydrogens is 216 g/mol. The Morgan fingerprint density at radius 1 is 1.47 bits per heavy atom. The fourth-order valence-electron chi connectivity index (χ4n) is 1.63. The molecule has 0 aliphatic rings. The topological polar surface area (TPSA) is 71.2 Å². The molecule has 0 bridgehead atoms. The van der Waals surface area contributed by atoms with Crippen molar-refractivity contribution in [2.45, 2.75) is 20.8 Å². The van der Waals surface area contributed by atoms with Crippen molar-refractivity contribution in [3.8, 4) is 0 Å². The van der Waals surface area contributed by atoms with Crippen molar-refractivity contribution < 1.29 is 4.79 Å². The van der Waals surface area contributed by atoms with Crippen molar-refractivity contribution in [1.29, 1.82) is 0 Å². The number of likely N-dealkylation sites (N-methyl/N-ethyl adjacent to an activating group) is 1. The first-order chi connectivity index (χ1) is 8.08. The van der Waals surface area contributed by atoms with E-state index in [4.69, 9.17) is 5.73 Å². The predicted octanol–water partition coefficient (Wildman–Crippen LogP) is 1.25. The van der Waals surface area contributed by atoms with Gasteiger partial charge in [-0.25, -0.2) is 4.98 Å². The first-order valence-corrected chi connectivity index (χ1v) is 5.82. The zero-order valence-electron chi connectivity index (χ0n) is 10.7. The lowest BCUT2D eigenvalue weighted by Crippen LogP contribution is -2.35. The van der Waals surface area contributed by atoms with Crippen molar-refractivity contribution in [2.75, 3.05) is 30.7 Å². The largest absolute Gasteiger partial charge is 0.397 e. The second-order valence-electron chi connectivity index (χ2n) is 3.85. The maximum absolute atomic E-state index is 11.8. The van der Waals surface area contributed by atoms with Crippen LogP contribution in [0, 0.1) is 6.92 Å². The van der Waals surface area contributed by atoms with Crippen molar-refractivity contribution in [3.05, 3.63) is 17.8 Å². The molecule has 1 heterocycles. The van der Waals surface area contributed by atoms with Crippen molar-refractivity contribution >= 4 is 17.4 Å². The molecule has 17 heavy (non-hydrogen) atoms. The van der Waals surface area contributed by atoms with Gasteiger partial charge in [0.05, 0.1) is 18.4 Å². The van der Waals surface area contributed by atoms with Gasteiger partial charge >= 0.3 is 0 Å². The molecule has 3 N–H and O–H groups in total. The van der Waals surface area contributed by atoms with Crippen LogP contribution in [0.4, 0.5) is 11.5 Å². The number of pyridine rings is 1. The molecule has 0 unspecified atom stereocenters. The quantitative estimate of drug-likeness (QED) is 0.807. The molecule has 1 aromatic heterocycles. The fourth-order valence-corrected chi connectivity index (χ4v) is 1.63. The summed E-state index contributed by atoms with van der Waals surface area (Å²) in [6.07, 6.45) is 1.58. The number of nitrogens with one attached hydrogen (secondary N) is 1. The van der Waals surface area contributed by atoms with Gasteiger partial charge in [0.25, 0.3) is 0 Å². The lowest BCUT2D eigenvalue weighted by Gasteiger charge is -2.19. The molecule has 1 aromatic rings. The summed E-state index contributed by atoms with van der Waals surface area (Å²) in [6.45, 7) is 7.56. The van der Waals surface area contributed by atoms with E-state index in [-0.39, 0.29) is 12.5 Å². The maximum atomic E-state index is 11.8. The van der Waals surface area contributed by atoms with Crippen LogP contribution >= 0.6 is 0 Å². The molecular formula is C12H20N4O. The third-order valence-corrected chi connectivity index (χ3v) is 2.62. The van der Waals surface area contributed by atoms with E-state index in [9.17, 15) is 4.79 Å². The standard InChI is InChI=1S/C12H20N4O/c1-4-16(5-2)11(17)8-15-12-9(3)6-10(13)7-14-12/h6-7H,4-5,8,13H2,1-3H3,(H,14,15). The maximum Gasteiger partial charge on any atom is 0.241 e. The summed E-state index contributed by atoms with van der Waals surface area (Å²) in [5.74, 6) is 0.785. The predicted molar refractivity (Wildman–Crippen MR) is 69.8 cm³/mol. The first kappa shape index (κ1) is 13.3. The molecule has 0 saturated carbocycles. The minimum absolute atomic E-state index is 0.0769. The van der Waals surface area contributed by atoms with Gasteiger partial charge in [-0.3, -0.25) is 4.79 Å². The summed E-state index contributed by atoms with van der Waals surface area (Å²) in [4.78, 5) is 17.7. The van der Waals surface area contributed by atoms with Crippen LogP contribution < -0.4 is 11.1 Å². The summed E-state index contributed by atoms with van der Waals surface area (Å²) >= 11 is 0. The summed E-state index contributed by atoms with van der Waals surface area (Å²) < 4.78 is 0. The van der Waals surface area contributed by atoms with Crippen molar-refractivity contribution in [3.63, 3.8) is 0 Å². The molecule has 0 aliphatic heterocycles. The first-order valence-electron chi connectivity index (χ1n) is 5.82. The molecule has 5 heteroatoms. The number of nitrogens with two attached hydrogens (primary N) is 1. The Morgan fingerprint density at radius 2 is 2.12 bits per heavy atom. The van der Waals surface area contributed by atoms with Crippen LogP contribution in [0.3, 0.4) is 0 Å². The Bertz CT molecular complexity index is 388. The van der Waals surface area contributed by atoms with Crippen LogP contribution in [0.25, 0.3) is 0 Å². The molecule has 0 aliphatic carbocycles. The zero-order valence-corrected chi connectivity index (χ0v) is 10.7. The van der Waals surface area contributed by atoms with Crippen molar-refractivity contribution in [1.82, 2.24) is 9.88 Å². The van der Waals surface area contributed by atoms with Gasteiger partial charge in [-0.1, -0.05) is 0 Å². The number of aromatic nitrogens is 1. The molecule has 0 radical (unpaired) electrons. The molecule has 5 nitrogen and oxygen atoms in total. The van der Waals surface area contributed by atoms with Crippen molar-refractivity contribution in [2.24, 2.45) is 0 Å². The minimum atomic E-state index is 0.0769. The van der Waals surface area contributed by atoms with E-state index < -0.39 is 0 Å². The van der Waals surface area contributed by atoms with Crippen LogP contribution in [0.15, 0.2) is 12.3 Å². The molecule has 0 aromatic carbocycles. The fraction of sp³-hybridized carbons (Fsp3) is 0.500. The van der Waals surface area contributed by atoms with E-state index in [0.717, 1.165) is 18.7 Å². The van der Waals surface area contributed by atoms with E-state index >= 15 is 0 Å². The number of hydrogen-bond donors (Lipinski definition) is 2. The highest BCUT2D eigenvalue weighted by Crippen LogP contribution is 2.13. The van der Waals surface area contributed by atoms with Gasteiger partial charge in [0, 0.05) is 13.1 Å². The summed E-state index contributed by atoms with van der Waals surface area (Å²) in [5.41, 5.74) is 7.18. The van der Waals surface area contributed by atoms with Gasteiger partial charge in [-0.15, -0.1) is 0 Å². The van der Waals surface area contributed by atoms with Crippen LogP contribution in [-0.2, 0) is 4.79 Å². The Morgan fingerprint density at radius 3 is 2.65 bits per heavy atom. The normalized spacial score (nSPS) is 10.1. The lowest BCUT2D eigenvalue weighted by molar-refractivity contribution is -0.128. The number of rotatable bonds is 5. The number of aryl methyl sites for hydroxylation is 1. The highest BCUT2D eigenvalue weighted by Gasteiger charge is 2.09. The molecule has 1 rings (SSSR count). The second kappa shape index (κ2) is 6.08. The molecule has 0 atom stereocenters. The second-order valence-corrected chi connectivity index (χ2v) is 3.85. The molecule has 0 fully saturated rings. The van der Waals surface area contributed by atoms with Gasteiger partial charge in [0.15, 0.2) is 0 Å². The Hall–Kier alpha value is -1.78. The number of amides is 1. The number of hydrogen-bond acceptors (Lipinski definition) is 4. The number of nitrogens with zero attached hydrogens (tertiary/aromatic N) is 2. The van der Waals surface area contributed by atoms with Gasteiger partial charge in [-0.05, 0) is 32.4 Å². The molecule has 0 spiro atoms. The number of nitrogen functional groups attached to an aromatic ring is 1. The SMILES string of the molecule is CCN(CC)C(=O)CNc1ncc(N)cc1C. The van der Waals surface area contributed by atoms with Gasteiger partial charge < -0.3 is 16.0 Å². The van der Waals surface area contributed by atoms with E-state index in [0.29, 0.717) is 11.5 Å². The number of anilines is 2. The highest BCUT2D eigenvalue weighted by atomic mass is 16.2. The Kier molecular flexibility index (Phi) is 4.75. The van der Waals surface area contributed by atoms with Crippen LogP contribution in [0.1, 0.15) is 19.4 Å². The third-order valence-electron chi connectivity index (χ3n) is 2.62. The summed E-state index contributed by atoms with van der Waals surface area (Å²) in [5, 5.41) is 3.03. The third kappa shape index (κ3) is 3.62. The average molecular weight is 236 g/mol. The number of carbonyl (C=O) groups is 1. The summed E-state index contributed by atoms with van der Waals surface area (Å²) in [6, 6.07) is 1.83. The van der Waals surface area contributed by atoms with E-state index in [2.05, 4.69) is 10.3 Å². The Labute approximate surface area is 102 Å². The molecule has 94 valence electrons. The van der Waals surface area contributed by atoms with Gasteiger partial charge in [0.2, 0.25) is 5.91 Å². The highest BCUT2D eigenvalue weighted by molar-refractivity contribution is 5.80. The van der Waals surface area contributed by atoms with Crippen LogP contribution in [-0.4, -0.2) is 35.4 Å². The van der Waals surface area contributed by atoms with Crippen LogP contribution in [0.5, 0.6) is 0 Å². The minimum Gasteiger partial charge on any atom is -0.397 e. The van der Waals surface area contributed by atoms with E-state index in [1.165, 1.54) is 0 Å². The van der Waals surface area contributed by atoms with Crippen LogP contribution in [0.2, 0.25) is 0 Å². The Balaban J connectivity index is 2.58. The number of carbonyl (C=O) groups excluding carboxylic acids is 1. The molecule has 1 amide bonds. The van der Waals surface area contributed by atoms with Gasteiger partial charge in [0.1, 0.15) is 5.82 Å². The van der Waals surface area contributed by atoms with E-state index in [1.807, 2.05) is 26.8 Å². The lowest BCUT2D eigenvalue weighted by atomic mass is 10.2. The molecule has 0 saturated heterocycles. The monoisotopic (exact) mass is 236 g/mol. The average Bonchev–Trinajstić information content (AvgIpc) is 2.29. The van der Waals surface area contributed by atoms with Gasteiger partial charge in [-0.2, -0.15) is 0 Å².